The lowest BCUT2D eigenvalue weighted by atomic mass is 9.57. The molecular formula is C26H19ClS. The van der Waals surface area contributed by atoms with Crippen molar-refractivity contribution >= 4 is 23.4 Å². The Morgan fingerprint density at radius 1 is 0.714 bits per heavy atom. The maximum Gasteiger partial charge on any atom is 0.0726 e. The normalized spacial score (nSPS) is 18.3. The summed E-state index contributed by atoms with van der Waals surface area (Å²) in [4.78, 5) is 2.69. The van der Waals surface area contributed by atoms with Crippen LogP contribution in [0.5, 0.6) is 0 Å². The largest absolute Gasteiger partial charge is 0.0894 e. The molecule has 0 bridgehead atoms. The third kappa shape index (κ3) is 2.09. The molecule has 0 unspecified atom stereocenters. The highest BCUT2D eigenvalue weighted by Crippen LogP contribution is 2.60. The molecule has 3 aliphatic rings. The lowest BCUT2D eigenvalue weighted by Gasteiger charge is -2.48. The highest BCUT2D eigenvalue weighted by Gasteiger charge is 2.50. The first kappa shape index (κ1) is 16.7. The van der Waals surface area contributed by atoms with Gasteiger partial charge in [-0.3, -0.25) is 0 Å². The smallest absolute Gasteiger partial charge is 0.0726 e. The zero-order valence-electron chi connectivity index (χ0n) is 15.4. The van der Waals surface area contributed by atoms with Crippen molar-refractivity contribution in [2.75, 3.05) is 0 Å². The molecule has 3 aromatic rings. The Morgan fingerprint density at radius 3 is 2.11 bits per heavy atom. The standard InChI is InChI=1S/C26H19ClS/c27-23-13-7-12-20-18(23)16-17-8-1-2-9-19(17)26(20)21-10-3-5-14-24(21)28-25-15-6-4-11-22(25)26/h3-15H,1-2,16H2. The summed E-state index contributed by atoms with van der Waals surface area (Å²) >= 11 is 8.67. The molecule has 0 nitrogen and oxygen atoms in total. The minimum Gasteiger partial charge on any atom is -0.0894 e. The van der Waals surface area contributed by atoms with Crippen LogP contribution >= 0.6 is 23.4 Å². The maximum atomic E-state index is 6.78. The summed E-state index contributed by atoms with van der Waals surface area (Å²) in [5.74, 6) is 0. The van der Waals surface area contributed by atoms with Gasteiger partial charge in [-0.15, -0.1) is 0 Å². The van der Waals surface area contributed by atoms with Crippen LogP contribution in [-0.4, -0.2) is 0 Å². The van der Waals surface area contributed by atoms with Gasteiger partial charge in [-0.25, -0.2) is 0 Å². The van der Waals surface area contributed by atoms with E-state index in [9.17, 15) is 0 Å². The fraction of sp³-hybridized carbons (Fsp3) is 0.154. The van der Waals surface area contributed by atoms with E-state index in [4.69, 9.17) is 11.6 Å². The maximum absolute atomic E-state index is 6.78. The first-order valence-electron chi connectivity index (χ1n) is 9.85. The molecule has 0 atom stereocenters. The molecule has 0 N–H and O–H groups in total. The Hall–Kier alpha value is -2.22. The zero-order valence-corrected chi connectivity index (χ0v) is 17.0. The minimum absolute atomic E-state index is 0.275. The summed E-state index contributed by atoms with van der Waals surface area (Å²) in [7, 11) is 0. The summed E-state index contributed by atoms with van der Waals surface area (Å²) in [6.45, 7) is 0. The van der Waals surface area contributed by atoms with Crippen LogP contribution in [0.3, 0.4) is 0 Å². The van der Waals surface area contributed by atoms with Crippen molar-refractivity contribution in [1.29, 1.82) is 0 Å². The number of benzene rings is 3. The number of fused-ring (bicyclic) bond motifs is 8. The van der Waals surface area contributed by atoms with Crippen molar-refractivity contribution in [3.8, 4) is 0 Å². The van der Waals surface area contributed by atoms with Crippen molar-refractivity contribution in [3.05, 3.63) is 117 Å². The van der Waals surface area contributed by atoms with E-state index in [2.05, 4.69) is 72.8 Å². The predicted molar refractivity (Wildman–Crippen MR) is 117 cm³/mol. The van der Waals surface area contributed by atoms with Gasteiger partial charge in [0.15, 0.2) is 0 Å². The van der Waals surface area contributed by atoms with Gasteiger partial charge in [0.05, 0.1) is 5.41 Å². The molecule has 0 saturated heterocycles. The Morgan fingerprint density at radius 2 is 1.36 bits per heavy atom. The van der Waals surface area contributed by atoms with Crippen LogP contribution in [-0.2, 0) is 11.8 Å². The Balaban J connectivity index is 1.83. The van der Waals surface area contributed by atoms with E-state index in [1.165, 1.54) is 43.2 Å². The summed E-state index contributed by atoms with van der Waals surface area (Å²) < 4.78 is 0. The zero-order chi connectivity index (χ0) is 18.7. The number of hydrogen-bond donors (Lipinski definition) is 0. The van der Waals surface area contributed by atoms with Crippen molar-refractivity contribution in [3.63, 3.8) is 0 Å². The molecule has 28 heavy (non-hydrogen) atoms. The topological polar surface area (TPSA) is 0 Å². The Kier molecular flexibility index (Phi) is 3.66. The molecule has 0 fully saturated rings. The molecule has 0 amide bonds. The highest BCUT2D eigenvalue weighted by molar-refractivity contribution is 7.99. The van der Waals surface area contributed by atoms with Crippen LogP contribution < -0.4 is 0 Å². The SMILES string of the molecule is Clc1cccc2c1CC1=CCCC=C1C21c2ccccc2Sc2ccccc21. The van der Waals surface area contributed by atoms with Gasteiger partial charge < -0.3 is 0 Å². The van der Waals surface area contributed by atoms with Crippen LogP contribution in [0.25, 0.3) is 0 Å². The van der Waals surface area contributed by atoms with Gasteiger partial charge in [0.1, 0.15) is 0 Å². The van der Waals surface area contributed by atoms with E-state index in [0.29, 0.717) is 0 Å². The first-order valence-corrected chi connectivity index (χ1v) is 11.0. The Labute approximate surface area is 174 Å². The molecule has 6 rings (SSSR count). The van der Waals surface area contributed by atoms with Crippen LogP contribution in [0.1, 0.15) is 35.1 Å². The van der Waals surface area contributed by atoms with E-state index in [1.807, 2.05) is 17.8 Å². The molecule has 1 spiro atoms. The summed E-state index contributed by atoms with van der Waals surface area (Å²) in [6.07, 6.45) is 8.08. The number of halogens is 1. The average molecular weight is 399 g/mol. The van der Waals surface area contributed by atoms with E-state index in [-0.39, 0.29) is 5.41 Å². The molecule has 1 aliphatic heterocycles. The molecule has 136 valence electrons. The van der Waals surface area contributed by atoms with Gasteiger partial charge in [-0.05, 0) is 70.9 Å². The lowest BCUT2D eigenvalue weighted by Crippen LogP contribution is -2.40. The number of allylic oxidation sites excluding steroid dienone is 4. The van der Waals surface area contributed by atoms with Crippen LogP contribution in [0, 0.1) is 0 Å². The molecule has 1 heterocycles. The number of hydrogen-bond acceptors (Lipinski definition) is 1. The third-order valence-electron chi connectivity index (χ3n) is 6.35. The van der Waals surface area contributed by atoms with Crippen molar-refractivity contribution in [2.24, 2.45) is 0 Å². The van der Waals surface area contributed by atoms with Gasteiger partial charge >= 0.3 is 0 Å². The molecule has 0 aromatic heterocycles. The second kappa shape index (κ2) is 6.14. The van der Waals surface area contributed by atoms with E-state index < -0.39 is 0 Å². The van der Waals surface area contributed by atoms with Crippen molar-refractivity contribution in [2.45, 2.75) is 34.5 Å². The Bertz CT molecular complexity index is 1140. The van der Waals surface area contributed by atoms with Gasteiger partial charge in [0.25, 0.3) is 0 Å². The van der Waals surface area contributed by atoms with Crippen LogP contribution in [0.4, 0.5) is 0 Å². The van der Waals surface area contributed by atoms with Crippen molar-refractivity contribution in [1.82, 2.24) is 0 Å². The summed E-state index contributed by atoms with van der Waals surface area (Å²) in [6, 6.07) is 24.3. The van der Waals surface area contributed by atoms with E-state index in [1.54, 1.807) is 0 Å². The molecular weight excluding hydrogens is 380 g/mol. The molecule has 2 aliphatic carbocycles. The van der Waals surface area contributed by atoms with E-state index >= 15 is 0 Å². The average Bonchev–Trinajstić information content (AvgIpc) is 2.74. The highest BCUT2D eigenvalue weighted by atomic mass is 35.5. The molecule has 2 heteroatoms. The van der Waals surface area contributed by atoms with Crippen molar-refractivity contribution < 1.29 is 0 Å². The second-order valence-electron chi connectivity index (χ2n) is 7.71. The fourth-order valence-corrected chi connectivity index (χ4v) is 6.72. The second-order valence-corrected chi connectivity index (χ2v) is 9.20. The first-order chi connectivity index (χ1) is 13.8. The summed E-state index contributed by atoms with van der Waals surface area (Å²) in [5, 5.41) is 0.885. The monoisotopic (exact) mass is 398 g/mol. The van der Waals surface area contributed by atoms with Gasteiger partial charge in [0, 0.05) is 14.8 Å². The van der Waals surface area contributed by atoms with Gasteiger partial charge in [-0.1, -0.05) is 84.0 Å². The van der Waals surface area contributed by atoms with Gasteiger partial charge in [0.2, 0.25) is 0 Å². The van der Waals surface area contributed by atoms with Crippen LogP contribution in [0.2, 0.25) is 5.02 Å². The quantitative estimate of drug-likeness (QED) is 0.381. The van der Waals surface area contributed by atoms with Crippen LogP contribution in [0.15, 0.2) is 99.8 Å². The molecule has 0 saturated carbocycles. The lowest BCUT2D eigenvalue weighted by molar-refractivity contribution is 0.647. The molecule has 0 radical (unpaired) electrons. The molecule has 3 aromatic carbocycles. The van der Waals surface area contributed by atoms with E-state index in [0.717, 1.165) is 24.3 Å². The predicted octanol–water partition coefficient (Wildman–Crippen LogP) is 7.34. The van der Waals surface area contributed by atoms with Gasteiger partial charge in [-0.2, -0.15) is 0 Å². The minimum atomic E-state index is -0.275. The fourth-order valence-electron chi connectivity index (χ4n) is 5.29. The third-order valence-corrected chi connectivity index (χ3v) is 7.85. The summed E-state index contributed by atoms with van der Waals surface area (Å²) in [5.41, 5.74) is 8.05. The number of rotatable bonds is 0.